The summed E-state index contributed by atoms with van der Waals surface area (Å²) in [5.41, 5.74) is 3.98. The molecule has 7 rings (SSSR count). The summed E-state index contributed by atoms with van der Waals surface area (Å²) in [5.74, 6) is 1.68. The Balaban J connectivity index is 1.05. The van der Waals surface area contributed by atoms with Crippen molar-refractivity contribution in [1.82, 2.24) is 34.2 Å². The number of aryl methyl sites for hydroxylation is 1. The Morgan fingerprint density at radius 1 is 1.07 bits per heavy atom. The van der Waals surface area contributed by atoms with E-state index in [1.807, 2.05) is 35.9 Å². The van der Waals surface area contributed by atoms with Crippen molar-refractivity contribution in [3.05, 3.63) is 65.9 Å². The molecule has 2 atom stereocenters. The molecule has 2 aliphatic carbocycles. The van der Waals surface area contributed by atoms with Crippen LogP contribution in [0.3, 0.4) is 0 Å². The first-order chi connectivity index (χ1) is 19.8. The van der Waals surface area contributed by atoms with Gasteiger partial charge >= 0.3 is 6.03 Å². The number of nitrogens with one attached hydrogen (secondary N) is 2. The number of imide groups is 1. The molecule has 1 saturated heterocycles. The van der Waals surface area contributed by atoms with Gasteiger partial charge in [-0.1, -0.05) is 0 Å². The number of rotatable bonds is 8. The molecule has 0 bridgehead atoms. The molecular formula is C28H28N10O3. The van der Waals surface area contributed by atoms with Crippen molar-refractivity contribution in [1.29, 1.82) is 0 Å². The van der Waals surface area contributed by atoms with E-state index in [2.05, 4.69) is 30.6 Å². The van der Waals surface area contributed by atoms with Crippen LogP contribution in [0.2, 0.25) is 0 Å². The van der Waals surface area contributed by atoms with Crippen molar-refractivity contribution in [3.8, 4) is 0 Å². The van der Waals surface area contributed by atoms with Crippen molar-refractivity contribution in [2.45, 2.75) is 44.6 Å². The number of amides is 4. The average Bonchev–Trinajstić information content (AvgIpc) is 3.89. The highest BCUT2D eigenvalue weighted by Crippen LogP contribution is 2.47. The fourth-order valence-corrected chi connectivity index (χ4v) is 5.28. The van der Waals surface area contributed by atoms with Crippen LogP contribution in [-0.2, 0) is 16.1 Å². The highest BCUT2D eigenvalue weighted by atomic mass is 16.2. The van der Waals surface area contributed by atoms with E-state index in [0.29, 0.717) is 41.3 Å². The van der Waals surface area contributed by atoms with Crippen LogP contribution in [0.25, 0.3) is 5.65 Å². The highest BCUT2D eigenvalue weighted by molar-refractivity contribution is 6.13. The van der Waals surface area contributed by atoms with Crippen molar-refractivity contribution in [3.63, 3.8) is 0 Å². The van der Waals surface area contributed by atoms with Crippen LogP contribution in [-0.4, -0.2) is 65.7 Å². The van der Waals surface area contributed by atoms with Gasteiger partial charge in [0.1, 0.15) is 30.3 Å². The molecule has 1 aliphatic heterocycles. The Morgan fingerprint density at radius 2 is 1.90 bits per heavy atom. The van der Waals surface area contributed by atoms with E-state index in [1.54, 1.807) is 12.3 Å². The molecule has 2 saturated carbocycles. The molecule has 2 N–H and O–H groups in total. The molecule has 4 amide bonds. The van der Waals surface area contributed by atoms with Crippen LogP contribution in [0.5, 0.6) is 0 Å². The number of hydrogen-bond acceptors (Lipinski definition) is 9. The van der Waals surface area contributed by atoms with E-state index in [0.717, 1.165) is 41.1 Å². The normalized spacial score (nSPS) is 20.1. The minimum absolute atomic E-state index is 0.00466. The largest absolute Gasteiger partial charge is 0.364 e. The fraction of sp³-hybridized carbons (Fsp3) is 0.357. The number of anilines is 3. The number of likely N-dealkylation sites (N-methyl/N-ethyl adjacent to an activating group) is 1. The van der Waals surface area contributed by atoms with Crippen LogP contribution in [0, 0.1) is 12.8 Å². The smallest absolute Gasteiger partial charge is 0.331 e. The molecule has 3 aliphatic rings. The molecule has 41 heavy (non-hydrogen) atoms. The molecule has 5 heterocycles. The van der Waals surface area contributed by atoms with Crippen LogP contribution < -0.4 is 15.5 Å². The fourth-order valence-electron chi connectivity index (χ4n) is 5.28. The molecule has 208 valence electrons. The SMILES string of the molecule is Cc1nccc(C2CC2C(=O)Nc2cc(NCc3cn4cc(C5CC5)cc(N5CC(=O)N(C)C5=O)c4n3)ncn2)n1. The number of fused-ring (bicyclic) bond motifs is 1. The number of urea groups is 1. The number of aromatic nitrogens is 6. The van der Waals surface area contributed by atoms with E-state index in [-0.39, 0.29) is 36.2 Å². The standard InChI is InChI=1S/C28H28N10O3/c1-15-29-6-5-21(33-15)19-8-20(19)27(40)35-24-9-23(31-14-32-24)30-10-18-12-37-11-17(16-3-4-16)7-22(26(37)34-18)38-13-25(39)36(2)28(38)41/h5-7,9,11-12,14,16,19-20H,3-4,8,10,13H2,1-2H3,(H2,30,31,32,35,40). The second kappa shape index (κ2) is 9.61. The van der Waals surface area contributed by atoms with E-state index >= 15 is 0 Å². The van der Waals surface area contributed by atoms with E-state index in [1.165, 1.54) is 18.3 Å². The van der Waals surface area contributed by atoms with Gasteiger partial charge in [-0.05, 0) is 49.8 Å². The maximum Gasteiger partial charge on any atom is 0.331 e. The number of imidazole rings is 1. The van der Waals surface area contributed by atoms with Gasteiger partial charge in [-0.3, -0.25) is 19.4 Å². The zero-order chi connectivity index (χ0) is 28.2. The number of pyridine rings is 1. The summed E-state index contributed by atoms with van der Waals surface area (Å²) in [6.45, 7) is 2.19. The minimum atomic E-state index is -0.354. The molecule has 2 unspecified atom stereocenters. The lowest BCUT2D eigenvalue weighted by atomic mass is 10.1. The molecule has 13 heteroatoms. The summed E-state index contributed by atoms with van der Waals surface area (Å²) in [5, 5.41) is 6.13. The van der Waals surface area contributed by atoms with E-state index in [4.69, 9.17) is 4.98 Å². The maximum atomic E-state index is 12.8. The molecule has 0 radical (unpaired) electrons. The number of hydrogen-bond donors (Lipinski definition) is 2. The third-order valence-corrected chi connectivity index (χ3v) is 7.80. The van der Waals surface area contributed by atoms with Gasteiger partial charge in [0.2, 0.25) is 11.8 Å². The van der Waals surface area contributed by atoms with Crippen LogP contribution in [0.1, 0.15) is 53.9 Å². The first-order valence-electron chi connectivity index (χ1n) is 13.6. The highest BCUT2D eigenvalue weighted by Gasteiger charge is 2.45. The Kier molecular flexibility index (Phi) is 5.87. The Morgan fingerprint density at radius 3 is 2.66 bits per heavy atom. The predicted octanol–water partition coefficient (Wildman–Crippen LogP) is 2.85. The third-order valence-electron chi connectivity index (χ3n) is 7.80. The average molecular weight is 553 g/mol. The zero-order valence-electron chi connectivity index (χ0n) is 22.6. The lowest BCUT2D eigenvalue weighted by Crippen LogP contribution is -2.30. The van der Waals surface area contributed by atoms with Crippen molar-refractivity contribution in [2.75, 3.05) is 29.1 Å². The Hall–Kier alpha value is -4.94. The second-order valence-corrected chi connectivity index (χ2v) is 10.8. The monoisotopic (exact) mass is 552 g/mol. The lowest BCUT2D eigenvalue weighted by Gasteiger charge is -2.17. The number of carbonyl (C=O) groups excluding carboxylic acids is 3. The lowest BCUT2D eigenvalue weighted by molar-refractivity contribution is -0.124. The summed E-state index contributed by atoms with van der Waals surface area (Å²) in [6.07, 6.45) is 10.0. The summed E-state index contributed by atoms with van der Waals surface area (Å²) in [7, 11) is 1.49. The van der Waals surface area contributed by atoms with Gasteiger partial charge in [0, 0.05) is 49.2 Å². The molecule has 0 aromatic carbocycles. The third kappa shape index (κ3) is 4.83. The first-order valence-corrected chi connectivity index (χ1v) is 13.6. The number of nitrogens with zero attached hydrogens (tertiary/aromatic N) is 8. The topological polar surface area (TPSA) is 151 Å². The van der Waals surface area contributed by atoms with Gasteiger partial charge in [0.15, 0.2) is 5.65 Å². The molecule has 13 nitrogen and oxygen atoms in total. The van der Waals surface area contributed by atoms with E-state index in [9.17, 15) is 14.4 Å². The zero-order valence-corrected chi connectivity index (χ0v) is 22.6. The maximum absolute atomic E-state index is 12.8. The van der Waals surface area contributed by atoms with Crippen LogP contribution in [0.15, 0.2) is 43.1 Å². The van der Waals surface area contributed by atoms with Gasteiger partial charge in [-0.15, -0.1) is 0 Å². The van der Waals surface area contributed by atoms with Crippen molar-refractivity contribution in [2.24, 2.45) is 5.92 Å². The van der Waals surface area contributed by atoms with Gasteiger partial charge in [0.05, 0.1) is 17.9 Å². The van der Waals surface area contributed by atoms with Gasteiger partial charge < -0.3 is 15.0 Å². The number of carbonyl (C=O) groups is 3. The van der Waals surface area contributed by atoms with Crippen molar-refractivity contribution < 1.29 is 14.4 Å². The first kappa shape index (κ1) is 25.1. The van der Waals surface area contributed by atoms with Crippen molar-refractivity contribution >= 4 is 40.8 Å². The molecule has 3 fully saturated rings. The van der Waals surface area contributed by atoms with Gasteiger partial charge in [-0.2, -0.15) is 0 Å². The predicted molar refractivity (Wildman–Crippen MR) is 148 cm³/mol. The summed E-state index contributed by atoms with van der Waals surface area (Å²) < 4.78 is 1.92. The van der Waals surface area contributed by atoms with Gasteiger partial charge in [-0.25, -0.2) is 29.7 Å². The summed E-state index contributed by atoms with van der Waals surface area (Å²) in [4.78, 5) is 62.2. The van der Waals surface area contributed by atoms with Gasteiger partial charge in [0.25, 0.3) is 0 Å². The van der Waals surface area contributed by atoms with Crippen LogP contribution >= 0.6 is 0 Å². The van der Waals surface area contributed by atoms with E-state index < -0.39 is 0 Å². The Bertz CT molecular complexity index is 1710. The molecule has 4 aromatic rings. The molecular weight excluding hydrogens is 524 g/mol. The van der Waals surface area contributed by atoms with Crippen LogP contribution in [0.4, 0.5) is 22.1 Å². The minimum Gasteiger partial charge on any atom is -0.364 e. The quantitative estimate of drug-likeness (QED) is 0.315. The summed E-state index contributed by atoms with van der Waals surface area (Å²) >= 11 is 0. The Labute approximate surface area is 235 Å². The second-order valence-electron chi connectivity index (χ2n) is 10.8. The summed E-state index contributed by atoms with van der Waals surface area (Å²) in [6, 6.07) is 5.17. The molecule has 4 aromatic heterocycles. The molecule has 0 spiro atoms.